The fraction of sp³-hybridized carbons (Fsp3) is 0.286. The van der Waals surface area contributed by atoms with E-state index in [1.54, 1.807) is 6.26 Å². The summed E-state index contributed by atoms with van der Waals surface area (Å²) in [7, 11) is 3.85. The Kier molecular flexibility index (Phi) is 3.06. The molecule has 0 amide bonds. The maximum Gasteiger partial charge on any atom is 0.228 e. The van der Waals surface area contributed by atoms with Gasteiger partial charge in [0.1, 0.15) is 17.2 Å². The first-order chi connectivity index (χ1) is 9.63. The van der Waals surface area contributed by atoms with E-state index in [2.05, 4.69) is 20.3 Å². The number of H-pyrrole nitrogens is 1. The molecular formula is C14H17N5O. The minimum atomic E-state index is 0.593. The predicted octanol–water partition coefficient (Wildman–Crippen LogP) is 2.54. The lowest BCUT2D eigenvalue weighted by molar-refractivity contribution is 0.518. The summed E-state index contributed by atoms with van der Waals surface area (Å²) >= 11 is 0. The van der Waals surface area contributed by atoms with Crippen LogP contribution in [0.15, 0.2) is 28.9 Å². The Balaban J connectivity index is 1.98. The Bertz CT molecular complexity index is 715. The smallest absolute Gasteiger partial charge is 0.228 e. The van der Waals surface area contributed by atoms with Gasteiger partial charge in [-0.1, -0.05) is 0 Å². The van der Waals surface area contributed by atoms with Gasteiger partial charge < -0.3 is 19.6 Å². The summed E-state index contributed by atoms with van der Waals surface area (Å²) in [6.45, 7) is 2.60. The van der Waals surface area contributed by atoms with E-state index in [1.807, 2.05) is 44.1 Å². The van der Waals surface area contributed by atoms with Gasteiger partial charge in [0, 0.05) is 19.8 Å². The van der Waals surface area contributed by atoms with Gasteiger partial charge in [-0.05, 0) is 25.1 Å². The van der Waals surface area contributed by atoms with Crippen molar-refractivity contribution in [2.24, 2.45) is 0 Å². The normalized spacial score (nSPS) is 10.9. The van der Waals surface area contributed by atoms with Gasteiger partial charge in [0.05, 0.1) is 18.2 Å². The molecule has 3 aromatic heterocycles. The quantitative estimate of drug-likeness (QED) is 0.763. The lowest BCUT2D eigenvalue weighted by atomic mass is 10.3. The van der Waals surface area contributed by atoms with Crippen molar-refractivity contribution in [2.45, 2.75) is 13.5 Å². The zero-order valence-electron chi connectivity index (χ0n) is 11.8. The molecule has 0 atom stereocenters. The number of nitrogens with zero attached hydrogens (tertiary/aromatic N) is 3. The van der Waals surface area contributed by atoms with Gasteiger partial charge in [0.2, 0.25) is 5.95 Å². The van der Waals surface area contributed by atoms with Crippen molar-refractivity contribution in [3.05, 3.63) is 35.9 Å². The van der Waals surface area contributed by atoms with Crippen LogP contribution < -0.4 is 10.2 Å². The van der Waals surface area contributed by atoms with Gasteiger partial charge >= 0.3 is 0 Å². The standard InChI is InChI=1S/C14H17N5O/c1-9-7-11-12(15-8-10-5-4-6-20-10)17-14(19(2)3)18-13(11)16-9/h4-7H,8H2,1-3H3,(H2,15,16,17,18). The van der Waals surface area contributed by atoms with Crippen molar-refractivity contribution in [1.82, 2.24) is 15.0 Å². The zero-order chi connectivity index (χ0) is 14.1. The van der Waals surface area contributed by atoms with Gasteiger partial charge in [-0.2, -0.15) is 9.97 Å². The third kappa shape index (κ3) is 2.32. The molecular weight excluding hydrogens is 254 g/mol. The number of nitrogens with one attached hydrogen (secondary N) is 2. The molecule has 0 saturated carbocycles. The fourth-order valence-electron chi connectivity index (χ4n) is 2.05. The minimum Gasteiger partial charge on any atom is -0.467 e. The van der Waals surface area contributed by atoms with Crippen molar-refractivity contribution in [3.8, 4) is 0 Å². The number of aryl methyl sites for hydroxylation is 1. The van der Waals surface area contributed by atoms with Gasteiger partial charge in [0.15, 0.2) is 0 Å². The molecule has 0 spiro atoms. The van der Waals surface area contributed by atoms with E-state index in [9.17, 15) is 0 Å². The summed E-state index contributed by atoms with van der Waals surface area (Å²) in [5.74, 6) is 2.34. The molecule has 0 fully saturated rings. The minimum absolute atomic E-state index is 0.593. The average Bonchev–Trinajstić information content (AvgIpc) is 3.03. The second-order valence-electron chi connectivity index (χ2n) is 4.91. The number of aromatic amines is 1. The van der Waals surface area contributed by atoms with Crippen LogP contribution in [0.5, 0.6) is 0 Å². The number of fused-ring (bicyclic) bond motifs is 1. The maximum absolute atomic E-state index is 5.33. The van der Waals surface area contributed by atoms with Crippen LogP contribution in [0.2, 0.25) is 0 Å². The monoisotopic (exact) mass is 271 g/mol. The second-order valence-corrected chi connectivity index (χ2v) is 4.91. The Labute approximate surface area is 116 Å². The Morgan fingerprint density at radius 1 is 1.35 bits per heavy atom. The van der Waals surface area contributed by atoms with E-state index in [-0.39, 0.29) is 0 Å². The number of rotatable bonds is 4. The first-order valence-electron chi connectivity index (χ1n) is 6.44. The van der Waals surface area contributed by atoms with E-state index in [1.165, 1.54) is 0 Å². The van der Waals surface area contributed by atoms with Crippen LogP contribution in [0.25, 0.3) is 11.0 Å². The summed E-state index contributed by atoms with van der Waals surface area (Å²) < 4.78 is 5.33. The summed E-state index contributed by atoms with van der Waals surface area (Å²) in [4.78, 5) is 14.2. The topological polar surface area (TPSA) is 70.0 Å². The predicted molar refractivity (Wildman–Crippen MR) is 79.0 cm³/mol. The lowest BCUT2D eigenvalue weighted by Crippen LogP contribution is -2.14. The van der Waals surface area contributed by atoms with Gasteiger partial charge in [-0.3, -0.25) is 0 Å². The molecule has 104 valence electrons. The number of furan rings is 1. The molecule has 2 N–H and O–H groups in total. The molecule has 0 aliphatic heterocycles. The lowest BCUT2D eigenvalue weighted by Gasteiger charge is -2.12. The fourth-order valence-corrected chi connectivity index (χ4v) is 2.05. The molecule has 6 heteroatoms. The second kappa shape index (κ2) is 4.88. The summed E-state index contributed by atoms with van der Waals surface area (Å²) in [6, 6.07) is 5.85. The highest BCUT2D eigenvalue weighted by Gasteiger charge is 2.11. The van der Waals surface area contributed by atoms with Gasteiger partial charge in [0.25, 0.3) is 0 Å². The van der Waals surface area contributed by atoms with Crippen molar-refractivity contribution >= 4 is 22.8 Å². The molecule has 6 nitrogen and oxygen atoms in total. The number of anilines is 2. The molecule has 3 rings (SSSR count). The van der Waals surface area contributed by atoms with E-state index in [0.29, 0.717) is 12.5 Å². The molecule has 0 radical (unpaired) electrons. The zero-order valence-corrected chi connectivity index (χ0v) is 11.8. The highest BCUT2D eigenvalue weighted by Crippen LogP contribution is 2.24. The highest BCUT2D eigenvalue weighted by molar-refractivity contribution is 5.88. The third-order valence-corrected chi connectivity index (χ3v) is 3.02. The van der Waals surface area contributed by atoms with Crippen LogP contribution in [-0.4, -0.2) is 29.0 Å². The van der Waals surface area contributed by atoms with Crippen molar-refractivity contribution in [2.75, 3.05) is 24.3 Å². The highest BCUT2D eigenvalue weighted by atomic mass is 16.3. The third-order valence-electron chi connectivity index (χ3n) is 3.02. The van der Waals surface area contributed by atoms with Crippen molar-refractivity contribution in [1.29, 1.82) is 0 Å². The SMILES string of the molecule is Cc1cc2c(NCc3ccco3)nc(N(C)C)nc2[nH]1. The maximum atomic E-state index is 5.33. The number of aromatic nitrogens is 3. The van der Waals surface area contributed by atoms with Crippen LogP contribution >= 0.6 is 0 Å². The van der Waals surface area contributed by atoms with Gasteiger partial charge in [-0.25, -0.2) is 0 Å². The summed E-state index contributed by atoms with van der Waals surface area (Å²) in [6.07, 6.45) is 1.66. The van der Waals surface area contributed by atoms with Crippen LogP contribution in [0.1, 0.15) is 11.5 Å². The van der Waals surface area contributed by atoms with Gasteiger partial charge in [-0.15, -0.1) is 0 Å². The molecule has 0 aliphatic rings. The molecule has 0 bridgehead atoms. The Morgan fingerprint density at radius 3 is 2.90 bits per heavy atom. The van der Waals surface area contributed by atoms with Crippen molar-refractivity contribution < 1.29 is 4.42 Å². The van der Waals surface area contributed by atoms with E-state index < -0.39 is 0 Å². The first-order valence-corrected chi connectivity index (χ1v) is 6.44. The van der Waals surface area contributed by atoms with Crippen LogP contribution in [0, 0.1) is 6.92 Å². The molecule has 0 aromatic carbocycles. The van der Waals surface area contributed by atoms with E-state index >= 15 is 0 Å². The van der Waals surface area contributed by atoms with E-state index in [4.69, 9.17) is 4.42 Å². The molecule has 3 aromatic rings. The number of hydrogen-bond donors (Lipinski definition) is 2. The first kappa shape index (κ1) is 12.5. The van der Waals surface area contributed by atoms with Crippen molar-refractivity contribution in [3.63, 3.8) is 0 Å². The largest absolute Gasteiger partial charge is 0.467 e. The van der Waals surface area contributed by atoms with Crippen LogP contribution in [0.4, 0.5) is 11.8 Å². The molecule has 0 aliphatic carbocycles. The molecule has 0 unspecified atom stereocenters. The van der Waals surface area contributed by atoms with Crippen LogP contribution in [0.3, 0.4) is 0 Å². The number of hydrogen-bond acceptors (Lipinski definition) is 5. The average molecular weight is 271 g/mol. The molecule has 3 heterocycles. The summed E-state index contributed by atoms with van der Waals surface area (Å²) in [5.41, 5.74) is 1.90. The van der Waals surface area contributed by atoms with Crippen LogP contribution in [-0.2, 0) is 6.54 Å². The molecule has 20 heavy (non-hydrogen) atoms. The van der Waals surface area contributed by atoms with E-state index in [0.717, 1.165) is 28.3 Å². The molecule has 0 saturated heterocycles. The summed E-state index contributed by atoms with van der Waals surface area (Å²) in [5, 5.41) is 4.29. The Hall–Kier alpha value is -2.50. The Morgan fingerprint density at radius 2 is 2.20 bits per heavy atom.